The number of H-pyrrole nitrogens is 1. The van der Waals surface area contributed by atoms with Gasteiger partial charge >= 0.3 is 5.69 Å². The van der Waals surface area contributed by atoms with Crippen LogP contribution in [0.3, 0.4) is 0 Å². The summed E-state index contributed by atoms with van der Waals surface area (Å²) in [5.74, 6) is 0.182. The zero-order valence-corrected chi connectivity index (χ0v) is 14.9. The zero-order valence-electron chi connectivity index (χ0n) is 14.1. The van der Waals surface area contributed by atoms with Crippen molar-refractivity contribution in [3.63, 3.8) is 0 Å². The number of nitrogens with zero attached hydrogens (tertiary/aromatic N) is 2. The Kier molecular flexibility index (Phi) is 7.11. The van der Waals surface area contributed by atoms with Gasteiger partial charge in [0.25, 0.3) is 0 Å². The first kappa shape index (κ1) is 18.3. The van der Waals surface area contributed by atoms with Crippen LogP contribution in [-0.4, -0.2) is 26.4 Å². The molecule has 1 atom stereocenters. The Hall–Kier alpha value is -2.02. The highest BCUT2D eigenvalue weighted by atomic mass is 32.2. The molecule has 7 heteroatoms. The van der Waals surface area contributed by atoms with Crippen molar-refractivity contribution in [1.29, 1.82) is 0 Å². The fourth-order valence-electron chi connectivity index (χ4n) is 2.50. The highest BCUT2D eigenvalue weighted by Gasteiger charge is 2.15. The smallest absolute Gasteiger partial charge is 0.343 e. The summed E-state index contributed by atoms with van der Waals surface area (Å²) >= 11 is 1.28. The third-order valence-corrected chi connectivity index (χ3v) is 4.59. The lowest BCUT2D eigenvalue weighted by Gasteiger charge is -2.18. The zero-order chi connectivity index (χ0) is 17.4. The third kappa shape index (κ3) is 4.99. The molecule has 0 radical (unpaired) electrons. The van der Waals surface area contributed by atoms with E-state index in [4.69, 9.17) is 0 Å². The van der Waals surface area contributed by atoms with Crippen LogP contribution in [0.2, 0.25) is 0 Å². The molecule has 0 aliphatic rings. The van der Waals surface area contributed by atoms with Crippen LogP contribution in [0, 0.1) is 0 Å². The first-order valence-electron chi connectivity index (χ1n) is 8.28. The van der Waals surface area contributed by atoms with E-state index < -0.39 is 0 Å². The summed E-state index contributed by atoms with van der Waals surface area (Å²) in [4.78, 5) is 23.9. The van der Waals surface area contributed by atoms with Gasteiger partial charge in [-0.25, -0.2) is 9.89 Å². The fraction of sp³-hybridized carbons (Fsp3) is 0.471. The molecule has 0 aliphatic carbocycles. The van der Waals surface area contributed by atoms with E-state index in [1.54, 1.807) is 4.57 Å². The van der Waals surface area contributed by atoms with Gasteiger partial charge in [-0.15, -0.1) is 5.10 Å². The van der Waals surface area contributed by atoms with Crippen LogP contribution in [0.25, 0.3) is 0 Å². The Labute approximate surface area is 146 Å². The molecule has 1 aromatic carbocycles. The van der Waals surface area contributed by atoms with Gasteiger partial charge in [-0.1, -0.05) is 62.4 Å². The molecule has 1 heterocycles. The van der Waals surface area contributed by atoms with Crippen molar-refractivity contribution in [3.8, 4) is 0 Å². The maximum absolute atomic E-state index is 12.3. The molecule has 2 N–H and O–H groups in total. The van der Waals surface area contributed by atoms with E-state index in [1.165, 1.54) is 11.8 Å². The van der Waals surface area contributed by atoms with Gasteiger partial charge in [-0.2, -0.15) is 0 Å². The van der Waals surface area contributed by atoms with E-state index in [0.29, 0.717) is 11.7 Å². The normalized spacial score (nSPS) is 12.1. The van der Waals surface area contributed by atoms with E-state index in [-0.39, 0.29) is 23.4 Å². The van der Waals surface area contributed by atoms with Gasteiger partial charge in [0.2, 0.25) is 5.91 Å². The van der Waals surface area contributed by atoms with Crippen molar-refractivity contribution < 1.29 is 4.79 Å². The van der Waals surface area contributed by atoms with Crippen LogP contribution in [0.15, 0.2) is 40.3 Å². The topological polar surface area (TPSA) is 79.8 Å². The second-order valence-electron chi connectivity index (χ2n) is 5.57. The maximum atomic E-state index is 12.3. The van der Waals surface area contributed by atoms with Crippen molar-refractivity contribution in [2.24, 2.45) is 0 Å². The van der Waals surface area contributed by atoms with E-state index in [2.05, 4.69) is 22.4 Å². The van der Waals surface area contributed by atoms with E-state index in [9.17, 15) is 9.59 Å². The van der Waals surface area contributed by atoms with Crippen molar-refractivity contribution >= 4 is 17.7 Å². The number of amides is 1. The average molecular weight is 348 g/mol. The van der Waals surface area contributed by atoms with E-state index >= 15 is 0 Å². The lowest BCUT2D eigenvalue weighted by molar-refractivity contribution is -0.119. The molecule has 1 amide bonds. The Balaban J connectivity index is 1.95. The second kappa shape index (κ2) is 9.32. The minimum Gasteiger partial charge on any atom is -0.349 e. The van der Waals surface area contributed by atoms with Crippen LogP contribution in [-0.2, 0) is 11.3 Å². The fourth-order valence-corrected chi connectivity index (χ4v) is 3.28. The molecular formula is C17H24N4O2S. The van der Waals surface area contributed by atoms with Gasteiger partial charge in [-0.05, 0) is 18.4 Å². The van der Waals surface area contributed by atoms with Crippen molar-refractivity contribution in [3.05, 3.63) is 46.4 Å². The van der Waals surface area contributed by atoms with Crippen molar-refractivity contribution in [2.45, 2.75) is 50.9 Å². The Morgan fingerprint density at radius 1 is 1.29 bits per heavy atom. The largest absolute Gasteiger partial charge is 0.349 e. The summed E-state index contributed by atoms with van der Waals surface area (Å²) < 4.78 is 1.57. The van der Waals surface area contributed by atoms with Gasteiger partial charge in [-0.3, -0.25) is 9.36 Å². The number of aromatic nitrogens is 3. The molecular weight excluding hydrogens is 324 g/mol. The average Bonchev–Trinajstić information content (AvgIpc) is 2.94. The number of carbonyl (C=O) groups excluding carboxylic acids is 1. The third-order valence-electron chi connectivity index (χ3n) is 3.62. The van der Waals surface area contributed by atoms with Gasteiger partial charge in [0.1, 0.15) is 0 Å². The number of benzene rings is 1. The molecule has 1 unspecified atom stereocenters. The summed E-state index contributed by atoms with van der Waals surface area (Å²) in [7, 11) is 0. The molecule has 2 aromatic rings. The SMILES string of the molecule is CCCC(NC(=O)CSc1n[nH]c(=O)n1CCC)c1ccccc1. The summed E-state index contributed by atoms with van der Waals surface area (Å²) in [6.45, 7) is 4.70. The van der Waals surface area contributed by atoms with Gasteiger partial charge in [0, 0.05) is 6.54 Å². The van der Waals surface area contributed by atoms with Gasteiger partial charge in [0.15, 0.2) is 5.16 Å². The number of carbonyl (C=O) groups is 1. The molecule has 0 saturated carbocycles. The Morgan fingerprint density at radius 2 is 2.04 bits per heavy atom. The van der Waals surface area contributed by atoms with Crippen LogP contribution >= 0.6 is 11.8 Å². The number of nitrogens with one attached hydrogen (secondary N) is 2. The highest BCUT2D eigenvalue weighted by Crippen LogP contribution is 2.19. The Morgan fingerprint density at radius 3 is 2.71 bits per heavy atom. The molecule has 24 heavy (non-hydrogen) atoms. The van der Waals surface area contributed by atoms with Gasteiger partial charge < -0.3 is 5.32 Å². The maximum Gasteiger partial charge on any atom is 0.343 e. The van der Waals surface area contributed by atoms with E-state index in [0.717, 1.165) is 24.8 Å². The molecule has 2 rings (SSSR count). The second-order valence-corrected chi connectivity index (χ2v) is 6.51. The first-order chi connectivity index (χ1) is 11.7. The molecule has 0 saturated heterocycles. The predicted molar refractivity (Wildman–Crippen MR) is 96.1 cm³/mol. The van der Waals surface area contributed by atoms with Crippen LogP contribution < -0.4 is 11.0 Å². The first-order valence-corrected chi connectivity index (χ1v) is 9.26. The minimum absolute atomic E-state index is 0.0151. The van der Waals surface area contributed by atoms with E-state index in [1.807, 2.05) is 37.3 Å². The standard InChI is InChI=1S/C17H24N4O2S/c1-3-8-14(13-9-6-5-7-10-13)18-15(22)12-24-17-20-19-16(23)21(17)11-4-2/h5-7,9-10,14H,3-4,8,11-12H2,1-2H3,(H,18,22)(H,19,23). The summed E-state index contributed by atoms with van der Waals surface area (Å²) in [5.41, 5.74) is 0.883. The lowest BCUT2D eigenvalue weighted by atomic mass is 10.0. The molecule has 1 aromatic heterocycles. The molecule has 0 spiro atoms. The van der Waals surface area contributed by atoms with Crippen LogP contribution in [0.4, 0.5) is 0 Å². The highest BCUT2D eigenvalue weighted by molar-refractivity contribution is 7.99. The predicted octanol–water partition coefficient (Wildman–Crippen LogP) is 2.73. The summed E-state index contributed by atoms with van der Waals surface area (Å²) in [6, 6.07) is 9.99. The number of hydrogen-bond donors (Lipinski definition) is 2. The lowest BCUT2D eigenvalue weighted by Crippen LogP contribution is -2.30. The number of hydrogen-bond acceptors (Lipinski definition) is 4. The quantitative estimate of drug-likeness (QED) is 0.683. The van der Waals surface area contributed by atoms with Crippen molar-refractivity contribution in [2.75, 3.05) is 5.75 Å². The molecule has 0 aliphatic heterocycles. The summed E-state index contributed by atoms with van der Waals surface area (Å²) in [5, 5.41) is 10.1. The van der Waals surface area contributed by atoms with Crippen LogP contribution in [0.5, 0.6) is 0 Å². The van der Waals surface area contributed by atoms with Crippen LogP contribution in [0.1, 0.15) is 44.7 Å². The van der Waals surface area contributed by atoms with Gasteiger partial charge in [0.05, 0.1) is 11.8 Å². The molecule has 6 nitrogen and oxygen atoms in total. The minimum atomic E-state index is -0.229. The van der Waals surface area contributed by atoms with Crippen molar-refractivity contribution in [1.82, 2.24) is 20.1 Å². The molecule has 130 valence electrons. The molecule has 0 bridgehead atoms. The monoisotopic (exact) mass is 348 g/mol. The number of aromatic amines is 1. The number of rotatable bonds is 9. The molecule has 0 fully saturated rings. The summed E-state index contributed by atoms with van der Waals surface area (Å²) in [6.07, 6.45) is 2.72. The number of thioether (sulfide) groups is 1. The Bertz CT molecular complexity index is 696.